The van der Waals surface area contributed by atoms with Crippen molar-refractivity contribution in [3.63, 3.8) is 0 Å². The van der Waals surface area contributed by atoms with Crippen molar-refractivity contribution in [1.82, 2.24) is 0 Å². The van der Waals surface area contributed by atoms with Crippen molar-refractivity contribution < 1.29 is 48.0 Å². The van der Waals surface area contributed by atoms with Crippen molar-refractivity contribution in [3.8, 4) is 0 Å². The molecule has 8 N–H and O–H groups in total. The summed E-state index contributed by atoms with van der Waals surface area (Å²) in [7, 11) is 0. The van der Waals surface area contributed by atoms with Crippen LogP contribution in [0.25, 0.3) is 10.6 Å². The number of piperidine rings is 1. The van der Waals surface area contributed by atoms with Gasteiger partial charge in [-0.1, -0.05) is 31.8 Å². The number of hydrogen-bond acceptors (Lipinski definition) is 4. The summed E-state index contributed by atoms with van der Waals surface area (Å²) in [4.78, 5) is 16.7. The van der Waals surface area contributed by atoms with E-state index in [0.717, 1.165) is 32.6 Å². The Morgan fingerprint density at radius 1 is 0.826 bits per heavy atom. The first-order valence-corrected chi connectivity index (χ1v) is 6.05. The first kappa shape index (κ1) is 33.2. The van der Waals surface area contributed by atoms with E-state index in [9.17, 15) is 0 Å². The van der Waals surface area contributed by atoms with Gasteiger partial charge in [-0.3, -0.25) is 0 Å². The molecule has 12 nitrogen and oxygen atoms in total. The van der Waals surface area contributed by atoms with Gasteiger partial charge in [0.15, 0.2) is 0 Å². The number of rotatable bonds is 0. The third-order valence-electron chi connectivity index (χ3n) is 1.99. The average molecular weight is 389 g/mol. The van der Waals surface area contributed by atoms with E-state index in [0.29, 0.717) is 0 Å². The molecule has 0 amide bonds. The molecular weight excluding hydrogens is 363 g/mol. The molecule has 2 heterocycles. The molecule has 13 heteroatoms. The smallest absolute Gasteiger partial charge is 0.662 e. The molecule has 0 radical (unpaired) electrons. The van der Waals surface area contributed by atoms with Gasteiger partial charge in [-0.25, -0.2) is 0 Å². The fourth-order valence-electron chi connectivity index (χ4n) is 1.26. The maximum Gasteiger partial charge on any atom is 2.00 e. The third kappa shape index (κ3) is 63.7. The van der Waals surface area contributed by atoms with E-state index in [1.807, 2.05) is 0 Å². The van der Waals surface area contributed by atoms with Crippen LogP contribution in [0, 0.1) is 20.2 Å². The van der Waals surface area contributed by atoms with E-state index in [1.165, 1.54) is 19.3 Å². The molecule has 0 bridgehead atoms. The fourth-order valence-corrected chi connectivity index (χ4v) is 1.26. The Morgan fingerprint density at radius 3 is 1.35 bits per heavy atom. The minimum atomic E-state index is -1.50. The molecule has 0 saturated carbocycles. The standard InChI is InChI=1S/C5H10N.C5H8N.2HNO3.Ni.2H2O/c2*1-2-4-6-5-3-1;2*2-1(3)4;;;/h1-5H2;1-2H,3-5H2;2*(H,2,3,4);;2*1H2/q2*-1;;;+2;;/p+2. The number of nitrogens with zero attached hydrogens (tertiary/aromatic N) is 4. The Labute approximate surface area is 143 Å². The van der Waals surface area contributed by atoms with Gasteiger partial charge in [0.2, 0.25) is 0 Å². The van der Waals surface area contributed by atoms with Gasteiger partial charge < -0.3 is 32.0 Å². The number of hydrogen-bond donors (Lipinski definition) is 2. The van der Waals surface area contributed by atoms with Crippen molar-refractivity contribution in [2.24, 2.45) is 0 Å². The van der Waals surface area contributed by atoms with Gasteiger partial charge in [-0.2, -0.15) is 0 Å². The molecule has 0 aromatic heterocycles. The summed E-state index contributed by atoms with van der Waals surface area (Å²) in [5, 5.41) is 35.5. The summed E-state index contributed by atoms with van der Waals surface area (Å²) in [5.41, 5.74) is 0. The molecule has 23 heavy (non-hydrogen) atoms. The first-order chi connectivity index (χ1) is 9.46. The molecule has 2 aliphatic heterocycles. The summed E-state index contributed by atoms with van der Waals surface area (Å²) in [5.74, 6) is 0. The van der Waals surface area contributed by atoms with Crippen LogP contribution in [-0.4, -0.2) is 46.8 Å². The van der Waals surface area contributed by atoms with Crippen LogP contribution in [0.5, 0.6) is 0 Å². The predicted octanol–water partition coefficient (Wildman–Crippen LogP) is 0.322. The van der Waals surface area contributed by atoms with Crippen molar-refractivity contribution in [1.29, 1.82) is 0 Å². The van der Waals surface area contributed by atoms with Crippen molar-refractivity contribution in [3.05, 3.63) is 43.0 Å². The maximum absolute atomic E-state index is 8.36. The van der Waals surface area contributed by atoms with Crippen LogP contribution in [0.15, 0.2) is 12.2 Å². The van der Waals surface area contributed by atoms with Crippen LogP contribution < -0.4 is 0 Å². The summed E-state index contributed by atoms with van der Waals surface area (Å²) in [6.45, 7) is 4.23. The van der Waals surface area contributed by atoms with Crippen molar-refractivity contribution in [2.75, 3.05) is 26.2 Å². The van der Waals surface area contributed by atoms with E-state index in [2.05, 4.69) is 22.8 Å². The average Bonchev–Trinajstić information content (AvgIpc) is 2.42. The molecule has 0 aromatic carbocycles. The van der Waals surface area contributed by atoms with Crippen LogP contribution in [0.3, 0.4) is 0 Å². The molecule has 1 fully saturated rings. The Kier molecular flexibility index (Phi) is 41.3. The normalized spacial score (nSPS) is 13.9. The predicted molar refractivity (Wildman–Crippen MR) is 81.1 cm³/mol. The summed E-state index contributed by atoms with van der Waals surface area (Å²) in [6.07, 6.45) is 9.50. The second kappa shape index (κ2) is 28.6. The minimum Gasteiger partial charge on any atom is -0.662 e. The second-order valence-corrected chi connectivity index (χ2v) is 3.60. The fraction of sp³-hybridized carbons (Fsp3) is 0.800. The van der Waals surface area contributed by atoms with E-state index >= 15 is 0 Å². The van der Waals surface area contributed by atoms with Gasteiger partial charge in [0.25, 0.3) is 10.2 Å². The molecule has 0 atom stereocenters. The van der Waals surface area contributed by atoms with Crippen molar-refractivity contribution >= 4 is 0 Å². The Bertz CT molecular complexity index is 240. The molecule has 0 aromatic rings. The van der Waals surface area contributed by atoms with Gasteiger partial charge >= 0.3 is 16.5 Å². The SMILES string of the molecule is C1=CC[N-]CC1.C1CC[N-]CC1.O=[N+]([O-])O.O=[N+]([O-])O.[Ni+2].[OH3+].[OH3+]. The topological polar surface area (TPSA) is 221 Å². The van der Waals surface area contributed by atoms with Gasteiger partial charge in [0.1, 0.15) is 0 Å². The summed E-state index contributed by atoms with van der Waals surface area (Å²) >= 11 is 0. The Hall–Kier alpha value is -1.53. The van der Waals surface area contributed by atoms with Gasteiger partial charge in [-0.15, -0.1) is 52.5 Å². The molecule has 0 aliphatic carbocycles. The molecule has 2 rings (SSSR count). The van der Waals surface area contributed by atoms with E-state index < -0.39 is 10.2 Å². The zero-order valence-corrected chi connectivity index (χ0v) is 13.6. The van der Waals surface area contributed by atoms with Crippen molar-refractivity contribution in [2.45, 2.75) is 25.7 Å². The van der Waals surface area contributed by atoms with Gasteiger partial charge in [0.05, 0.1) is 0 Å². The maximum atomic E-state index is 8.36. The van der Waals surface area contributed by atoms with Gasteiger partial charge in [0, 0.05) is 0 Å². The quantitative estimate of drug-likeness (QED) is 0.195. The third-order valence-corrected chi connectivity index (χ3v) is 1.99. The largest absolute Gasteiger partial charge is 2.00 e. The second-order valence-electron chi connectivity index (χ2n) is 3.60. The van der Waals surface area contributed by atoms with Crippen LogP contribution in [-0.2, 0) is 27.4 Å². The van der Waals surface area contributed by atoms with E-state index in [1.54, 1.807) is 0 Å². The van der Waals surface area contributed by atoms with E-state index in [-0.39, 0.29) is 27.4 Å². The first-order valence-electron chi connectivity index (χ1n) is 6.05. The zero-order valence-electron chi connectivity index (χ0n) is 12.6. The Morgan fingerprint density at radius 2 is 1.26 bits per heavy atom. The Balaban J connectivity index is -0.0000000613. The van der Waals surface area contributed by atoms with Gasteiger partial charge in [-0.05, 0) is 0 Å². The van der Waals surface area contributed by atoms with Crippen LogP contribution in [0.4, 0.5) is 0 Å². The van der Waals surface area contributed by atoms with E-state index in [4.69, 9.17) is 30.6 Å². The summed E-state index contributed by atoms with van der Waals surface area (Å²) in [6, 6.07) is 0. The minimum absolute atomic E-state index is 0. The molecule has 0 unspecified atom stereocenters. The van der Waals surface area contributed by atoms with Crippen LogP contribution in [0.1, 0.15) is 25.7 Å². The molecular formula is C10H26N4NiO8+2. The zero-order chi connectivity index (χ0) is 15.6. The monoisotopic (exact) mass is 388 g/mol. The molecule has 0 spiro atoms. The molecule has 142 valence electrons. The molecule has 1 saturated heterocycles. The van der Waals surface area contributed by atoms with Crippen LogP contribution >= 0.6 is 0 Å². The van der Waals surface area contributed by atoms with Crippen LogP contribution in [0.2, 0.25) is 0 Å². The molecule has 2 aliphatic rings. The summed E-state index contributed by atoms with van der Waals surface area (Å²) < 4.78 is 0.